The van der Waals surface area contributed by atoms with Crippen molar-refractivity contribution >= 4 is 17.9 Å². The number of amides is 2. The summed E-state index contributed by atoms with van der Waals surface area (Å²) in [5.41, 5.74) is 5.85. The first-order valence-corrected chi connectivity index (χ1v) is 14.7. The zero-order valence-electron chi connectivity index (χ0n) is 24.5. The van der Waals surface area contributed by atoms with E-state index in [4.69, 9.17) is 0 Å². The van der Waals surface area contributed by atoms with Crippen LogP contribution in [0.2, 0.25) is 0 Å². The predicted octanol–water partition coefficient (Wildman–Crippen LogP) is 4.60. The highest BCUT2D eigenvalue weighted by Gasteiger charge is 2.34. The average molecular weight is 584 g/mol. The largest absolute Gasteiger partial charge is 0.336 e. The van der Waals surface area contributed by atoms with Crippen LogP contribution in [0, 0.1) is 6.92 Å². The molecule has 0 radical (unpaired) electrons. The third-order valence-electron chi connectivity index (χ3n) is 7.85. The zero-order valence-corrected chi connectivity index (χ0v) is 24.5. The summed E-state index contributed by atoms with van der Waals surface area (Å²) in [7, 11) is 0. The zero-order chi connectivity index (χ0) is 30.3. The molecule has 9 nitrogen and oxygen atoms in total. The molecule has 0 N–H and O–H groups in total. The molecular weight excluding hydrogens is 550 g/mol. The van der Waals surface area contributed by atoms with Crippen molar-refractivity contribution < 1.29 is 9.59 Å². The Bertz CT molecular complexity index is 1730. The molecule has 44 heavy (non-hydrogen) atoms. The highest BCUT2D eigenvalue weighted by atomic mass is 16.2. The van der Waals surface area contributed by atoms with Gasteiger partial charge in [-0.3, -0.25) is 9.59 Å². The number of carbonyl (C=O) groups excluding carboxylic acids is 2. The molecule has 220 valence electrons. The lowest BCUT2D eigenvalue weighted by Gasteiger charge is -2.37. The SMILES string of the molecule is Cc1ncc(C=CC(=O)N(Cc2ccc(-n3ccnn3)cc2)C(Cc2ccccc2)C(=O)N2CCc3ccccc3C2)cn1. The first-order chi connectivity index (χ1) is 21.5. The lowest BCUT2D eigenvalue weighted by molar-refractivity contribution is -0.144. The van der Waals surface area contributed by atoms with Gasteiger partial charge in [0.1, 0.15) is 11.9 Å². The Morgan fingerprint density at radius 3 is 2.36 bits per heavy atom. The van der Waals surface area contributed by atoms with Gasteiger partial charge in [0.2, 0.25) is 11.8 Å². The molecule has 0 aliphatic carbocycles. The first kappa shape index (κ1) is 28.7. The van der Waals surface area contributed by atoms with Crippen LogP contribution in [0.5, 0.6) is 0 Å². The van der Waals surface area contributed by atoms with Crippen molar-refractivity contribution in [2.45, 2.75) is 38.9 Å². The molecule has 0 bridgehead atoms. The maximum Gasteiger partial charge on any atom is 0.247 e. The standard InChI is InChI=1S/C35H33N7O2/c1-26-36-22-29(23-37-26)13-16-34(43)41(24-28-11-14-32(15-12-28)42-20-18-38-39-42)33(21-27-7-3-2-4-8-27)35(44)40-19-17-30-9-5-6-10-31(30)25-40/h2-16,18,20,22-23,33H,17,19,21,24-25H2,1H3. The van der Waals surface area contributed by atoms with Gasteiger partial charge in [0.05, 0.1) is 18.1 Å². The van der Waals surface area contributed by atoms with E-state index in [1.165, 1.54) is 11.6 Å². The molecule has 6 rings (SSSR count). The van der Waals surface area contributed by atoms with E-state index in [-0.39, 0.29) is 18.4 Å². The number of nitrogens with zero attached hydrogens (tertiary/aromatic N) is 7. The molecule has 1 unspecified atom stereocenters. The van der Waals surface area contributed by atoms with E-state index in [1.807, 2.05) is 78.6 Å². The fraction of sp³-hybridized carbons (Fsp3) is 0.200. The molecule has 1 atom stereocenters. The fourth-order valence-corrected chi connectivity index (χ4v) is 5.45. The van der Waals surface area contributed by atoms with Crippen molar-refractivity contribution in [1.82, 2.24) is 34.8 Å². The summed E-state index contributed by atoms with van der Waals surface area (Å²) in [4.78, 5) is 40.6. The van der Waals surface area contributed by atoms with Crippen molar-refractivity contribution in [3.8, 4) is 5.69 Å². The Morgan fingerprint density at radius 2 is 1.64 bits per heavy atom. The average Bonchev–Trinajstić information content (AvgIpc) is 3.61. The molecule has 2 amide bonds. The fourth-order valence-electron chi connectivity index (χ4n) is 5.45. The van der Waals surface area contributed by atoms with Gasteiger partial charge in [-0.15, -0.1) is 5.10 Å². The predicted molar refractivity (Wildman–Crippen MR) is 167 cm³/mol. The van der Waals surface area contributed by atoms with E-state index >= 15 is 0 Å². The van der Waals surface area contributed by atoms with E-state index in [1.54, 1.807) is 40.4 Å². The van der Waals surface area contributed by atoms with Crippen LogP contribution < -0.4 is 0 Å². The highest BCUT2D eigenvalue weighted by molar-refractivity contribution is 5.95. The minimum Gasteiger partial charge on any atom is -0.336 e. The van der Waals surface area contributed by atoms with E-state index in [0.29, 0.717) is 30.9 Å². The number of hydrogen-bond donors (Lipinski definition) is 0. The van der Waals surface area contributed by atoms with E-state index < -0.39 is 6.04 Å². The second-order valence-corrected chi connectivity index (χ2v) is 10.9. The van der Waals surface area contributed by atoms with Crippen LogP contribution in [-0.4, -0.2) is 59.2 Å². The lowest BCUT2D eigenvalue weighted by atomic mass is 9.97. The summed E-state index contributed by atoms with van der Waals surface area (Å²) in [5, 5.41) is 7.95. The van der Waals surface area contributed by atoms with Crippen LogP contribution in [0.3, 0.4) is 0 Å². The summed E-state index contributed by atoms with van der Waals surface area (Å²) in [6.07, 6.45) is 11.1. The summed E-state index contributed by atoms with van der Waals surface area (Å²) in [6, 6.07) is 25.2. The summed E-state index contributed by atoms with van der Waals surface area (Å²) >= 11 is 0. The molecule has 3 heterocycles. The van der Waals surface area contributed by atoms with E-state index in [0.717, 1.165) is 28.8 Å². The molecule has 0 saturated heterocycles. The monoisotopic (exact) mass is 583 g/mol. The number of rotatable bonds is 9. The number of fused-ring (bicyclic) bond motifs is 1. The topological polar surface area (TPSA) is 97.1 Å². The third-order valence-corrected chi connectivity index (χ3v) is 7.85. The molecule has 0 fully saturated rings. The number of hydrogen-bond acceptors (Lipinski definition) is 6. The molecule has 5 aromatic rings. The Hall–Kier alpha value is -5.44. The van der Waals surface area contributed by atoms with Gasteiger partial charge in [0.25, 0.3) is 0 Å². The first-order valence-electron chi connectivity index (χ1n) is 14.7. The number of aromatic nitrogens is 5. The second kappa shape index (κ2) is 13.2. The van der Waals surface area contributed by atoms with Gasteiger partial charge in [-0.2, -0.15) is 0 Å². The van der Waals surface area contributed by atoms with E-state index in [9.17, 15) is 9.59 Å². The molecule has 3 aromatic carbocycles. The third kappa shape index (κ3) is 6.78. The van der Waals surface area contributed by atoms with Gasteiger partial charge >= 0.3 is 0 Å². The number of benzene rings is 3. The van der Waals surface area contributed by atoms with Crippen molar-refractivity contribution in [3.63, 3.8) is 0 Å². The van der Waals surface area contributed by atoms with Gasteiger partial charge in [-0.05, 0) is 53.8 Å². The maximum absolute atomic E-state index is 14.4. The smallest absolute Gasteiger partial charge is 0.247 e. The Kier molecular flexibility index (Phi) is 8.63. The minimum atomic E-state index is -0.718. The van der Waals surface area contributed by atoms with Crippen LogP contribution in [-0.2, 0) is 35.5 Å². The van der Waals surface area contributed by atoms with Crippen LogP contribution in [0.25, 0.3) is 11.8 Å². The van der Waals surface area contributed by atoms with Crippen molar-refractivity contribution in [1.29, 1.82) is 0 Å². The van der Waals surface area contributed by atoms with Crippen LogP contribution >= 0.6 is 0 Å². The van der Waals surface area contributed by atoms with Crippen LogP contribution in [0.4, 0.5) is 0 Å². The Balaban J connectivity index is 1.34. The lowest BCUT2D eigenvalue weighted by Crippen LogP contribution is -2.52. The van der Waals surface area contributed by atoms with Crippen LogP contribution in [0.1, 0.15) is 33.6 Å². The summed E-state index contributed by atoms with van der Waals surface area (Å²) in [5.74, 6) is 0.321. The normalized spacial score (nSPS) is 13.4. The van der Waals surface area contributed by atoms with Gasteiger partial charge in [-0.1, -0.05) is 71.9 Å². The molecule has 1 aliphatic heterocycles. The maximum atomic E-state index is 14.4. The van der Waals surface area contributed by atoms with Crippen LogP contribution in [0.15, 0.2) is 110 Å². The van der Waals surface area contributed by atoms with Crippen molar-refractivity contribution in [2.24, 2.45) is 0 Å². The molecule has 1 aliphatic rings. The second-order valence-electron chi connectivity index (χ2n) is 10.9. The van der Waals surface area contributed by atoms with Crippen molar-refractivity contribution in [2.75, 3.05) is 6.54 Å². The highest BCUT2D eigenvalue weighted by Crippen LogP contribution is 2.23. The number of carbonyl (C=O) groups is 2. The van der Waals surface area contributed by atoms with Gasteiger partial charge < -0.3 is 9.80 Å². The summed E-state index contributed by atoms with van der Waals surface area (Å²) in [6.45, 7) is 3.18. The van der Waals surface area contributed by atoms with E-state index in [2.05, 4.69) is 32.4 Å². The molecule has 0 spiro atoms. The molecule has 0 saturated carbocycles. The number of aryl methyl sites for hydroxylation is 1. The van der Waals surface area contributed by atoms with Crippen molar-refractivity contribution in [3.05, 3.63) is 143 Å². The molecule has 9 heteroatoms. The summed E-state index contributed by atoms with van der Waals surface area (Å²) < 4.78 is 1.68. The Labute approximate surface area is 256 Å². The van der Waals surface area contributed by atoms with Gasteiger partial charge in [0.15, 0.2) is 0 Å². The van der Waals surface area contributed by atoms with Gasteiger partial charge in [0, 0.05) is 50.1 Å². The molecular formula is C35H33N7O2. The van der Waals surface area contributed by atoms with Gasteiger partial charge in [-0.25, -0.2) is 14.6 Å². The Morgan fingerprint density at radius 1 is 0.909 bits per heavy atom. The minimum absolute atomic E-state index is 0.0667. The molecule has 2 aromatic heterocycles. The quantitative estimate of drug-likeness (QED) is 0.235.